The average Bonchev–Trinajstić information content (AvgIpc) is 2.84. The van der Waals surface area contributed by atoms with E-state index in [4.69, 9.17) is 20.7 Å². The maximum atomic E-state index is 12.7. The second-order valence-corrected chi connectivity index (χ2v) is 13.9. The summed E-state index contributed by atoms with van der Waals surface area (Å²) in [5, 5.41) is 0.762. The van der Waals surface area contributed by atoms with Crippen LogP contribution in [0.15, 0.2) is 68.1 Å². The van der Waals surface area contributed by atoms with Crippen LogP contribution in [0.25, 0.3) is 10.8 Å². The molecule has 3 rings (SSSR count). The van der Waals surface area contributed by atoms with E-state index in [1.165, 1.54) is 18.2 Å². The molecule has 0 radical (unpaired) electrons. The van der Waals surface area contributed by atoms with Crippen LogP contribution in [-0.4, -0.2) is 71.3 Å². The van der Waals surface area contributed by atoms with Gasteiger partial charge in [0.05, 0.1) is 40.7 Å². The Bertz CT molecular complexity index is 1680. The molecule has 13 nitrogen and oxygen atoms in total. The zero-order valence-corrected chi connectivity index (χ0v) is 23.8. The smallest absolute Gasteiger partial charge is 0.297 e. The third-order valence-electron chi connectivity index (χ3n) is 5.64. The predicted molar refractivity (Wildman–Crippen MR) is 146 cm³/mol. The van der Waals surface area contributed by atoms with Gasteiger partial charge in [-0.05, 0) is 48.3 Å². The Morgan fingerprint density at radius 2 is 1.56 bits per heavy atom. The largest absolute Gasteiger partial charge is 0.398 e. The summed E-state index contributed by atoms with van der Waals surface area (Å²) in [5.41, 5.74) is 10.9. The van der Waals surface area contributed by atoms with E-state index in [1.54, 1.807) is 23.1 Å². The Labute approximate surface area is 230 Å². The van der Waals surface area contributed by atoms with Crippen LogP contribution >= 0.6 is 12.0 Å². The van der Waals surface area contributed by atoms with E-state index in [0.717, 1.165) is 24.2 Å². The first-order valence-corrected chi connectivity index (χ1v) is 16.5. The minimum absolute atomic E-state index is 0.0745. The first-order chi connectivity index (χ1) is 18.1. The van der Waals surface area contributed by atoms with Crippen LogP contribution in [0.3, 0.4) is 0 Å². The van der Waals surface area contributed by atoms with Crippen molar-refractivity contribution in [3.05, 3.63) is 48.5 Å². The molecule has 0 atom stereocenters. The van der Waals surface area contributed by atoms with Gasteiger partial charge in [-0.25, -0.2) is 13.3 Å². The molecule has 0 aromatic heterocycles. The molecule has 0 saturated carbocycles. The second kappa shape index (κ2) is 12.4. The lowest BCUT2D eigenvalue weighted by atomic mass is 10.1. The van der Waals surface area contributed by atoms with Crippen molar-refractivity contribution < 1.29 is 43.6 Å². The van der Waals surface area contributed by atoms with Crippen LogP contribution in [0.4, 0.5) is 11.4 Å². The third-order valence-corrected chi connectivity index (χ3v) is 9.83. The fraction of sp³-hybridized carbons (Fsp3) is 0.273. The van der Waals surface area contributed by atoms with Gasteiger partial charge >= 0.3 is 0 Å². The van der Waals surface area contributed by atoms with Crippen molar-refractivity contribution >= 4 is 64.3 Å². The highest BCUT2D eigenvalue weighted by molar-refractivity contribution is 7.94. The van der Waals surface area contributed by atoms with Gasteiger partial charge in [-0.2, -0.15) is 21.2 Å². The monoisotopic (exact) mass is 621 g/mol. The van der Waals surface area contributed by atoms with E-state index in [2.05, 4.69) is 0 Å². The number of fused-ring (bicyclic) bond motifs is 1. The number of nitrogens with zero attached hydrogens (tertiary/aromatic N) is 1. The highest BCUT2D eigenvalue weighted by Crippen LogP contribution is 2.32. The molecule has 3 aromatic rings. The summed E-state index contributed by atoms with van der Waals surface area (Å²) >= 11 is 0.872. The molecule has 6 N–H and O–H groups in total. The first kappa shape index (κ1) is 31.1. The van der Waals surface area contributed by atoms with Gasteiger partial charge in [-0.1, -0.05) is 19.1 Å². The normalized spacial score (nSPS) is 12.8. The van der Waals surface area contributed by atoms with E-state index in [0.29, 0.717) is 23.4 Å². The molecule has 39 heavy (non-hydrogen) atoms. The molecule has 214 valence electrons. The van der Waals surface area contributed by atoms with Crippen molar-refractivity contribution in [2.45, 2.75) is 26.5 Å². The van der Waals surface area contributed by atoms with E-state index in [9.17, 15) is 34.4 Å². The van der Waals surface area contributed by atoms with Crippen LogP contribution in [0.2, 0.25) is 0 Å². The number of hydrogen-bond acceptors (Lipinski definition) is 12. The van der Waals surface area contributed by atoms with E-state index >= 15 is 0 Å². The standard InChI is InChI=1S/C22H27N3O10S4/c1-2-25(10-12-37(26,27)17-5-8-19(23)21(14-17)38(28,29)30)9-11-34-35-36-16-4-6-18-15(13-16)3-7-20(24)22(18)39(31,32)33/h3-8,13-14H,2,9-12,23-24H2,1H3,(H,28,29,30)(H,31,32,33). The number of anilines is 2. The van der Waals surface area contributed by atoms with Crippen molar-refractivity contribution in [3.8, 4) is 0 Å². The van der Waals surface area contributed by atoms with Gasteiger partial charge in [0, 0.05) is 23.4 Å². The minimum Gasteiger partial charge on any atom is -0.398 e. The number of rotatable bonds is 13. The summed E-state index contributed by atoms with van der Waals surface area (Å²) < 4.78 is 95.5. The van der Waals surface area contributed by atoms with Crippen molar-refractivity contribution in [2.75, 3.05) is 43.5 Å². The second-order valence-electron chi connectivity index (χ2n) is 8.24. The molecule has 0 aliphatic carbocycles. The van der Waals surface area contributed by atoms with Crippen LogP contribution in [0, 0.1) is 0 Å². The fourth-order valence-electron chi connectivity index (χ4n) is 3.63. The molecule has 0 heterocycles. The summed E-state index contributed by atoms with van der Waals surface area (Å²) in [6.45, 7) is 2.84. The fourth-order valence-corrected chi connectivity index (χ4v) is 6.97. The van der Waals surface area contributed by atoms with Crippen LogP contribution in [0.1, 0.15) is 6.92 Å². The summed E-state index contributed by atoms with van der Waals surface area (Å²) in [5.74, 6) is -0.321. The summed E-state index contributed by atoms with van der Waals surface area (Å²) in [6.07, 6.45) is 0. The molecule has 0 spiro atoms. The third kappa shape index (κ3) is 8.03. The molecule has 0 amide bonds. The van der Waals surface area contributed by atoms with Gasteiger partial charge in [0.1, 0.15) is 9.79 Å². The quantitative estimate of drug-likeness (QED) is 0.0538. The van der Waals surface area contributed by atoms with Crippen molar-refractivity contribution in [1.82, 2.24) is 4.90 Å². The SMILES string of the molecule is CCN(CCOOSc1ccc2c(S(=O)(=O)O)c(N)ccc2c1)CCS(=O)(=O)c1ccc(N)c(S(=O)(=O)O)c1. The van der Waals surface area contributed by atoms with Crippen molar-refractivity contribution in [3.63, 3.8) is 0 Å². The Hall–Kier alpha value is -2.48. The lowest BCUT2D eigenvalue weighted by molar-refractivity contribution is -0.193. The lowest BCUT2D eigenvalue weighted by Crippen LogP contribution is -2.32. The molecule has 3 aromatic carbocycles. The summed E-state index contributed by atoms with van der Waals surface area (Å²) in [6, 6.07) is 10.8. The summed E-state index contributed by atoms with van der Waals surface area (Å²) in [4.78, 5) is 6.21. The van der Waals surface area contributed by atoms with Crippen LogP contribution in [-0.2, 0) is 39.3 Å². The molecule has 0 unspecified atom stereocenters. The Morgan fingerprint density at radius 3 is 2.21 bits per heavy atom. The zero-order chi connectivity index (χ0) is 29.0. The van der Waals surface area contributed by atoms with Gasteiger partial charge in [-0.3, -0.25) is 9.11 Å². The van der Waals surface area contributed by atoms with Gasteiger partial charge in [-0.15, -0.1) is 0 Å². The van der Waals surface area contributed by atoms with Crippen LogP contribution < -0.4 is 11.5 Å². The highest BCUT2D eigenvalue weighted by atomic mass is 32.2. The number of likely N-dealkylation sites (N-methyl/N-ethyl adjacent to an activating group) is 1. The van der Waals surface area contributed by atoms with Gasteiger partial charge < -0.3 is 16.4 Å². The van der Waals surface area contributed by atoms with Crippen molar-refractivity contribution in [2.24, 2.45) is 0 Å². The van der Waals surface area contributed by atoms with Crippen LogP contribution in [0.5, 0.6) is 0 Å². The molecule has 0 aliphatic heterocycles. The Kier molecular flexibility index (Phi) is 9.84. The molecule has 0 bridgehead atoms. The molecule has 0 saturated heterocycles. The molecule has 0 aliphatic rings. The topological polar surface area (TPSA) is 217 Å². The predicted octanol–water partition coefficient (Wildman–Crippen LogP) is 2.25. The minimum atomic E-state index is -4.68. The first-order valence-electron chi connectivity index (χ1n) is 11.2. The highest BCUT2D eigenvalue weighted by Gasteiger charge is 2.22. The number of nitrogen functional groups attached to an aromatic ring is 2. The maximum Gasteiger partial charge on any atom is 0.297 e. The maximum absolute atomic E-state index is 12.7. The van der Waals surface area contributed by atoms with Gasteiger partial charge in [0.2, 0.25) is 0 Å². The Balaban J connectivity index is 1.53. The number of sulfone groups is 1. The molecule has 0 fully saturated rings. The van der Waals surface area contributed by atoms with Gasteiger partial charge in [0.25, 0.3) is 20.2 Å². The number of nitrogens with two attached hydrogens (primary N) is 2. The number of hydrogen-bond donors (Lipinski definition) is 4. The van der Waals surface area contributed by atoms with Crippen molar-refractivity contribution in [1.29, 1.82) is 0 Å². The molecular formula is C22H27N3O10S4. The van der Waals surface area contributed by atoms with E-state index in [-0.39, 0.29) is 45.5 Å². The number of benzene rings is 3. The lowest BCUT2D eigenvalue weighted by Gasteiger charge is -2.19. The zero-order valence-electron chi connectivity index (χ0n) is 20.5. The average molecular weight is 622 g/mol. The molecular weight excluding hydrogens is 595 g/mol. The Morgan fingerprint density at radius 1 is 0.872 bits per heavy atom. The molecule has 17 heteroatoms. The van der Waals surface area contributed by atoms with E-state index in [1.807, 2.05) is 6.92 Å². The summed E-state index contributed by atoms with van der Waals surface area (Å²) in [7, 11) is -13.1. The van der Waals surface area contributed by atoms with Gasteiger partial charge in [0.15, 0.2) is 9.84 Å². The van der Waals surface area contributed by atoms with E-state index < -0.39 is 35.0 Å².